The van der Waals surface area contributed by atoms with Crippen molar-refractivity contribution >= 4 is 21.2 Å². The quantitative estimate of drug-likeness (QED) is 0.657. The maximum Gasteiger partial charge on any atom is 0.332 e. The Kier molecular flexibility index (Phi) is 5.38. The second-order valence-corrected chi connectivity index (χ2v) is 10.4. The van der Waals surface area contributed by atoms with Crippen LogP contribution in [0.2, 0.25) is 0 Å². The summed E-state index contributed by atoms with van der Waals surface area (Å²) >= 11 is 0. The Morgan fingerprint density at radius 3 is 2.42 bits per heavy atom. The Bertz CT molecular complexity index is 1350. The number of sulfonamides is 1. The van der Waals surface area contributed by atoms with Crippen LogP contribution in [0.5, 0.6) is 0 Å². The van der Waals surface area contributed by atoms with Gasteiger partial charge in [0.15, 0.2) is 5.65 Å². The lowest BCUT2D eigenvalue weighted by molar-refractivity contribution is 0.310. The van der Waals surface area contributed by atoms with E-state index in [0.717, 1.165) is 16.6 Å². The van der Waals surface area contributed by atoms with Crippen molar-refractivity contribution in [3.63, 3.8) is 0 Å². The second kappa shape index (κ2) is 7.76. The number of H-pyrrole nitrogens is 1. The molecule has 0 spiro atoms. The number of aromatic amines is 1. The number of aryl methyl sites for hydroxylation is 1. The average Bonchev–Trinajstić information content (AvgIpc) is 3.22. The molecule has 0 bridgehead atoms. The van der Waals surface area contributed by atoms with Gasteiger partial charge in [0, 0.05) is 33.1 Å². The van der Waals surface area contributed by atoms with Gasteiger partial charge in [0.1, 0.15) is 11.3 Å². The number of hydrogen-bond acceptors (Lipinski definition) is 5. The Hall–Kier alpha value is -2.72. The van der Waals surface area contributed by atoms with Crippen LogP contribution >= 0.6 is 0 Å². The molecule has 31 heavy (non-hydrogen) atoms. The molecule has 166 valence electrons. The highest BCUT2D eigenvalue weighted by molar-refractivity contribution is 7.89. The molecule has 0 amide bonds. The molecular formula is C21H27N5O4S. The van der Waals surface area contributed by atoms with Gasteiger partial charge < -0.3 is 4.98 Å². The van der Waals surface area contributed by atoms with Crippen LogP contribution in [0, 0.1) is 0 Å². The third-order valence-electron chi connectivity index (χ3n) is 6.07. The molecule has 2 aromatic heterocycles. The van der Waals surface area contributed by atoms with Crippen molar-refractivity contribution < 1.29 is 8.42 Å². The maximum atomic E-state index is 13.2. The summed E-state index contributed by atoms with van der Waals surface area (Å²) in [4.78, 5) is 32.4. The van der Waals surface area contributed by atoms with Gasteiger partial charge in [-0.3, -0.25) is 13.9 Å². The van der Waals surface area contributed by atoms with Crippen LogP contribution < -0.4 is 11.2 Å². The van der Waals surface area contributed by atoms with Gasteiger partial charge in [-0.15, -0.1) is 0 Å². The fourth-order valence-corrected chi connectivity index (χ4v) is 5.62. The summed E-state index contributed by atoms with van der Waals surface area (Å²) in [5, 5.41) is 0. The molecular weight excluding hydrogens is 418 g/mol. The van der Waals surface area contributed by atoms with E-state index in [4.69, 9.17) is 0 Å². The van der Waals surface area contributed by atoms with Gasteiger partial charge in [-0.2, -0.15) is 4.31 Å². The van der Waals surface area contributed by atoms with Crippen molar-refractivity contribution in [1.29, 1.82) is 0 Å². The molecule has 0 saturated carbocycles. The molecule has 3 heterocycles. The van der Waals surface area contributed by atoms with Gasteiger partial charge in [0.25, 0.3) is 5.56 Å². The van der Waals surface area contributed by atoms with Gasteiger partial charge in [-0.1, -0.05) is 26.0 Å². The fraction of sp³-hybridized carbons (Fsp3) is 0.476. The predicted molar refractivity (Wildman–Crippen MR) is 118 cm³/mol. The molecule has 9 nitrogen and oxygen atoms in total. The molecule has 4 rings (SSSR count). The minimum absolute atomic E-state index is 0.189. The number of imidazole rings is 1. The SMILES string of the molecule is CC(C)c1ccc(S(=O)(=O)N2CCCC(c3nc4c([nH]3)c(=O)n(C)c(=O)n4C)C2)cc1. The van der Waals surface area contributed by atoms with Crippen molar-refractivity contribution in [2.45, 2.75) is 43.4 Å². The summed E-state index contributed by atoms with van der Waals surface area (Å²) in [6.07, 6.45) is 1.42. The highest BCUT2D eigenvalue weighted by Gasteiger charge is 2.32. The first-order valence-corrected chi connectivity index (χ1v) is 11.8. The Balaban J connectivity index is 1.66. The van der Waals surface area contributed by atoms with E-state index in [1.165, 1.54) is 15.9 Å². The summed E-state index contributed by atoms with van der Waals surface area (Å²) in [6, 6.07) is 7.03. The number of nitrogens with zero attached hydrogens (tertiary/aromatic N) is 4. The van der Waals surface area contributed by atoms with Crippen LogP contribution in [0.25, 0.3) is 11.2 Å². The maximum absolute atomic E-state index is 13.2. The molecule has 1 unspecified atom stereocenters. The zero-order chi connectivity index (χ0) is 22.5. The Labute approximate surface area is 180 Å². The van der Waals surface area contributed by atoms with Crippen molar-refractivity contribution in [2.75, 3.05) is 13.1 Å². The minimum Gasteiger partial charge on any atom is -0.336 e. The molecule has 1 saturated heterocycles. The van der Waals surface area contributed by atoms with E-state index in [2.05, 4.69) is 23.8 Å². The average molecular weight is 446 g/mol. The van der Waals surface area contributed by atoms with Crippen LogP contribution in [-0.2, 0) is 24.1 Å². The van der Waals surface area contributed by atoms with Crippen molar-refractivity contribution in [2.24, 2.45) is 14.1 Å². The van der Waals surface area contributed by atoms with E-state index in [0.29, 0.717) is 24.7 Å². The van der Waals surface area contributed by atoms with Gasteiger partial charge in [-0.05, 0) is 36.5 Å². The van der Waals surface area contributed by atoms with Gasteiger partial charge in [-0.25, -0.2) is 18.2 Å². The standard InChI is InChI=1S/C21H27N5O4S/c1-13(2)14-7-9-16(10-8-14)31(29,30)26-11-5-6-15(12-26)18-22-17-19(23-18)24(3)21(28)25(4)20(17)27/h7-10,13,15H,5-6,11-12H2,1-4H3,(H,22,23). The van der Waals surface area contributed by atoms with Crippen molar-refractivity contribution in [1.82, 2.24) is 23.4 Å². The number of hydrogen-bond donors (Lipinski definition) is 1. The number of aromatic nitrogens is 4. The summed E-state index contributed by atoms with van der Waals surface area (Å²) in [6.45, 7) is 4.83. The van der Waals surface area contributed by atoms with Gasteiger partial charge in [0.2, 0.25) is 10.0 Å². The van der Waals surface area contributed by atoms with Crippen molar-refractivity contribution in [3.05, 3.63) is 56.5 Å². The summed E-state index contributed by atoms with van der Waals surface area (Å²) in [5.41, 5.74) is 0.733. The molecule has 1 aromatic carbocycles. The zero-order valence-corrected chi connectivity index (χ0v) is 18.9. The largest absolute Gasteiger partial charge is 0.336 e. The van der Waals surface area contributed by atoms with E-state index in [1.54, 1.807) is 19.2 Å². The van der Waals surface area contributed by atoms with Crippen LogP contribution in [0.4, 0.5) is 0 Å². The topological polar surface area (TPSA) is 110 Å². The normalized spacial score (nSPS) is 18.2. The van der Waals surface area contributed by atoms with Crippen molar-refractivity contribution in [3.8, 4) is 0 Å². The highest BCUT2D eigenvalue weighted by atomic mass is 32.2. The lowest BCUT2D eigenvalue weighted by Crippen LogP contribution is -2.39. The van der Waals surface area contributed by atoms with Crippen LogP contribution in [-0.4, -0.2) is 44.9 Å². The third kappa shape index (κ3) is 3.63. The van der Waals surface area contributed by atoms with Gasteiger partial charge in [0.05, 0.1) is 4.90 Å². The van der Waals surface area contributed by atoms with Crippen LogP contribution in [0.1, 0.15) is 49.9 Å². The molecule has 1 atom stereocenters. The molecule has 3 aromatic rings. The smallest absolute Gasteiger partial charge is 0.332 e. The highest BCUT2D eigenvalue weighted by Crippen LogP contribution is 2.30. The summed E-state index contributed by atoms with van der Waals surface area (Å²) in [7, 11) is -0.651. The number of nitrogens with one attached hydrogen (secondary N) is 1. The van der Waals surface area contributed by atoms with Crippen LogP contribution in [0.3, 0.4) is 0 Å². The molecule has 1 fully saturated rings. The monoisotopic (exact) mass is 445 g/mol. The predicted octanol–water partition coefficient (Wildman–Crippen LogP) is 1.65. The molecule has 1 aliphatic rings. The first kappa shape index (κ1) is 21.5. The fourth-order valence-electron chi connectivity index (χ4n) is 4.09. The number of rotatable bonds is 4. The van der Waals surface area contributed by atoms with E-state index in [1.807, 2.05) is 12.1 Å². The first-order valence-electron chi connectivity index (χ1n) is 10.4. The minimum atomic E-state index is -3.63. The molecule has 0 aliphatic carbocycles. The van der Waals surface area contributed by atoms with Crippen LogP contribution in [0.15, 0.2) is 38.8 Å². The zero-order valence-electron chi connectivity index (χ0n) is 18.1. The Morgan fingerprint density at radius 1 is 1.10 bits per heavy atom. The molecule has 1 aliphatic heterocycles. The summed E-state index contributed by atoms with van der Waals surface area (Å²) < 4.78 is 30.3. The van der Waals surface area contributed by atoms with E-state index < -0.39 is 21.3 Å². The lowest BCUT2D eigenvalue weighted by Gasteiger charge is -2.31. The number of fused-ring (bicyclic) bond motifs is 1. The second-order valence-electron chi connectivity index (χ2n) is 8.45. The molecule has 10 heteroatoms. The number of piperidine rings is 1. The molecule has 1 N–H and O–H groups in total. The Morgan fingerprint density at radius 2 is 1.77 bits per heavy atom. The summed E-state index contributed by atoms with van der Waals surface area (Å²) in [5.74, 6) is 0.668. The first-order chi connectivity index (χ1) is 14.6. The van der Waals surface area contributed by atoms with E-state index in [9.17, 15) is 18.0 Å². The third-order valence-corrected chi connectivity index (χ3v) is 7.95. The van der Waals surface area contributed by atoms with E-state index >= 15 is 0 Å². The number of benzene rings is 1. The van der Waals surface area contributed by atoms with Gasteiger partial charge >= 0.3 is 5.69 Å². The lowest BCUT2D eigenvalue weighted by atomic mass is 9.99. The van der Waals surface area contributed by atoms with E-state index in [-0.39, 0.29) is 28.5 Å². The molecule has 0 radical (unpaired) electrons.